The number of unbranched alkanes of at least 4 members (excludes halogenated alkanes) is 3. The molecule has 28 heavy (non-hydrogen) atoms. The smallest absolute Gasteiger partial charge is 0.317 e. The maximum atomic E-state index is 12.4. The minimum atomic E-state index is 0.0942. The lowest BCUT2D eigenvalue weighted by molar-refractivity contribution is 0.122. The molecule has 2 heterocycles. The molecule has 4 amide bonds. The van der Waals surface area contributed by atoms with Crippen molar-refractivity contribution in [1.29, 1.82) is 0 Å². The molecule has 2 N–H and O–H groups in total. The van der Waals surface area contributed by atoms with Gasteiger partial charge in [0.1, 0.15) is 0 Å². The minimum absolute atomic E-state index is 0.0942. The number of amides is 4. The summed E-state index contributed by atoms with van der Waals surface area (Å²) in [5.41, 5.74) is 0. The van der Waals surface area contributed by atoms with Gasteiger partial charge in [-0.3, -0.25) is 0 Å². The number of carbonyl (C=O) groups excluding carboxylic acids is 2. The lowest BCUT2D eigenvalue weighted by atomic mass is 9.98. The zero-order valence-electron chi connectivity index (χ0n) is 18.5. The van der Waals surface area contributed by atoms with Crippen LogP contribution in [0.1, 0.15) is 91.9 Å². The molecular formula is C22H42N4O2. The molecule has 0 aromatic carbocycles. The molecule has 0 saturated carbocycles. The highest BCUT2D eigenvalue weighted by atomic mass is 16.2. The van der Waals surface area contributed by atoms with Gasteiger partial charge in [-0.05, 0) is 79.1 Å². The Balaban J connectivity index is 1.51. The largest absolute Gasteiger partial charge is 0.338 e. The Labute approximate surface area is 171 Å². The predicted molar refractivity (Wildman–Crippen MR) is 114 cm³/mol. The van der Waals surface area contributed by atoms with Gasteiger partial charge in [-0.1, -0.05) is 12.8 Å². The Kier molecular flexibility index (Phi) is 9.39. The number of hydrogen-bond donors (Lipinski definition) is 2. The molecule has 6 nitrogen and oxygen atoms in total. The summed E-state index contributed by atoms with van der Waals surface area (Å²) in [5, 5.41) is 6.17. The van der Waals surface area contributed by atoms with Crippen molar-refractivity contribution in [3.05, 3.63) is 0 Å². The summed E-state index contributed by atoms with van der Waals surface area (Å²) in [5.74, 6) is 0. The molecule has 0 aromatic heterocycles. The average Bonchev–Trinajstić information content (AvgIpc) is 2.63. The summed E-state index contributed by atoms with van der Waals surface area (Å²) < 4.78 is 0. The summed E-state index contributed by atoms with van der Waals surface area (Å²) in [4.78, 5) is 28.8. The summed E-state index contributed by atoms with van der Waals surface area (Å²) in [6.45, 7) is 10.1. The number of piperidine rings is 2. The topological polar surface area (TPSA) is 64.7 Å². The fraction of sp³-hybridized carbons (Fsp3) is 0.909. The van der Waals surface area contributed by atoms with Crippen molar-refractivity contribution in [2.24, 2.45) is 0 Å². The number of likely N-dealkylation sites (tertiary alicyclic amines) is 2. The second kappa shape index (κ2) is 11.5. The van der Waals surface area contributed by atoms with Crippen LogP contribution in [0, 0.1) is 0 Å². The number of hydrogen-bond acceptors (Lipinski definition) is 2. The van der Waals surface area contributed by atoms with Crippen molar-refractivity contribution in [3.8, 4) is 0 Å². The first-order valence-electron chi connectivity index (χ1n) is 11.5. The Hall–Kier alpha value is -1.46. The molecule has 6 heteroatoms. The first-order chi connectivity index (χ1) is 13.4. The second-order valence-electron chi connectivity index (χ2n) is 8.95. The van der Waals surface area contributed by atoms with Crippen molar-refractivity contribution >= 4 is 12.1 Å². The second-order valence-corrected chi connectivity index (χ2v) is 8.95. The third-order valence-corrected chi connectivity index (χ3v) is 6.51. The first-order valence-corrected chi connectivity index (χ1v) is 11.5. The van der Waals surface area contributed by atoms with Crippen molar-refractivity contribution in [3.63, 3.8) is 0 Å². The van der Waals surface area contributed by atoms with Gasteiger partial charge in [-0.2, -0.15) is 0 Å². The van der Waals surface area contributed by atoms with Crippen LogP contribution < -0.4 is 10.6 Å². The number of urea groups is 2. The van der Waals surface area contributed by atoms with Crippen molar-refractivity contribution in [2.45, 2.75) is 116 Å². The minimum Gasteiger partial charge on any atom is -0.338 e. The molecule has 162 valence electrons. The third-order valence-electron chi connectivity index (χ3n) is 6.51. The number of rotatable bonds is 7. The van der Waals surface area contributed by atoms with E-state index in [1.165, 1.54) is 12.8 Å². The van der Waals surface area contributed by atoms with Crippen LogP contribution in [0.25, 0.3) is 0 Å². The van der Waals surface area contributed by atoms with Crippen LogP contribution in [0.4, 0.5) is 9.59 Å². The molecule has 4 atom stereocenters. The fourth-order valence-corrected chi connectivity index (χ4v) is 4.82. The first kappa shape index (κ1) is 22.8. The summed E-state index contributed by atoms with van der Waals surface area (Å²) >= 11 is 0. The molecule has 2 aliphatic rings. The molecule has 0 bridgehead atoms. The van der Waals surface area contributed by atoms with E-state index < -0.39 is 0 Å². The molecular weight excluding hydrogens is 352 g/mol. The van der Waals surface area contributed by atoms with Gasteiger partial charge < -0.3 is 20.4 Å². The summed E-state index contributed by atoms with van der Waals surface area (Å²) in [6, 6.07) is 1.57. The summed E-state index contributed by atoms with van der Waals surface area (Å²) in [6.07, 6.45) is 11.0. The van der Waals surface area contributed by atoms with E-state index >= 15 is 0 Å². The Morgan fingerprint density at radius 3 is 1.29 bits per heavy atom. The Bertz CT molecular complexity index is 435. The van der Waals surface area contributed by atoms with Gasteiger partial charge in [0.15, 0.2) is 0 Å². The van der Waals surface area contributed by atoms with E-state index in [1.54, 1.807) is 0 Å². The van der Waals surface area contributed by atoms with Gasteiger partial charge in [0.25, 0.3) is 0 Å². The molecule has 2 saturated heterocycles. The van der Waals surface area contributed by atoms with Gasteiger partial charge in [0.05, 0.1) is 0 Å². The standard InChI is InChI=1S/C22H42N4O2/c1-17-11-9-12-18(2)25(17)21(27)23-15-7-5-6-8-16-24-22(28)26-19(3)13-10-14-20(26)4/h17-20H,5-16H2,1-4H3,(H,23,27)(H,24,28)/t17-,18-,19-,20-/m1/s1. The lowest BCUT2D eigenvalue weighted by Gasteiger charge is -2.39. The monoisotopic (exact) mass is 394 g/mol. The van der Waals surface area contributed by atoms with E-state index in [9.17, 15) is 9.59 Å². The van der Waals surface area contributed by atoms with E-state index in [-0.39, 0.29) is 12.1 Å². The molecule has 0 aromatic rings. The van der Waals surface area contributed by atoms with E-state index in [2.05, 4.69) is 38.3 Å². The zero-order chi connectivity index (χ0) is 20.5. The molecule has 0 aliphatic carbocycles. The van der Waals surface area contributed by atoms with Crippen LogP contribution in [-0.4, -0.2) is 59.1 Å². The zero-order valence-corrected chi connectivity index (χ0v) is 18.5. The Morgan fingerprint density at radius 2 is 0.964 bits per heavy atom. The molecule has 2 aliphatic heterocycles. The molecule has 2 fully saturated rings. The van der Waals surface area contributed by atoms with Crippen molar-refractivity contribution in [1.82, 2.24) is 20.4 Å². The highest BCUT2D eigenvalue weighted by Crippen LogP contribution is 2.23. The van der Waals surface area contributed by atoms with Gasteiger partial charge >= 0.3 is 12.1 Å². The third kappa shape index (κ3) is 6.56. The highest BCUT2D eigenvalue weighted by molar-refractivity contribution is 5.75. The van der Waals surface area contributed by atoms with Crippen LogP contribution in [0.2, 0.25) is 0 Å². The van der Waals surface area contributed by atoms with E-state index in [4.69, 9.17) is 0 Å². The molecule has 0 unspecified atom stereocenters. The molecule has 0 radical (unpaired) electrons. The van der Waals surface area contributed by atoms with Crippen LogP contribution in [0.15, 0.2) is 0 Å². The number of nitrogens with zero attached hydrogens (tertiary/aromatic N) is 2. The maximum absolute atomic E-state index is 12.4. The Morgan fingerprint density at radius 1 is 0.643 bits per heavy atom. The lowest BCUT2D eigenvalue weighted by Crippen LogP contribution is -2.52. The van der Waals surface area contributed by atoms with Crippen LogP contribution >= 0.6 is 0 Å². The molecule has 2 rings (SSSR count). The normalized spacial score (nSPS) is 28.1. The van der Waals surface area contributed by atoms with Crippen molar-refractivity contribution in [2.75, 3.05) is 13.1 Å². The van der Waals surface area contributed by atoms with Crippen LogP contribution in [-0.2, 0) is 0 Å². The quantitative estimate of drug-likeness (QED) is 0.625. The average molecular weight is 395 g/mol. The predicted octanol–water partition coefficient (Wildman–Crippen LogP) is 4.49. The van der Waals surface area contributed by atoms with Gasteiger partial charge in [0, 0.05) is 37.3 Å². The maximum Gasteiger partial charge on any atom is 0.317 e. The van der Waals surface area contributed by atoms with Gasteiger partial charge in [0.2, 0.25) is 0 Å². The van der Waals surface area contributed by atoms with Gasteiger partial charge in [-0.25, -0.2) is 9.59 Å². The van der Waals surface area contributed by atoms with E-state index in [1.807, 2.05) is 9.80 Å². The summed E-state index contributed by atoms with van der Waals surface area (Å²) in [7, 11) is 0. The number of carbonyl (C=O) groups is 2. The van der Waals surface area contributed by atoms with Crippen LogP contribution in [0.3, 0.4) is 0 Å². The highest BCUT2D eigenvalue weighted by Gasteiger charge is 2.29. The fourth-order valence-electron chi connectivity index (χ4n) is 4.82. The van der Waals surface area contributed by atoms with Crippen LogP contribution in [0.5, 0.6) is 0 Å². The number of nitrogens with one attached hydrogen (secondary N) is 2. The SMILES string of the molecule is C[C@@H]1CCC[C@@H](C)N1C(=O)NCCCCCCNC(=O)N1[C@H](C)CCC[C@H]1C. The van der Waals surface area contributed by atoms with Gasteiger partial charge in [-0.15, -0.1) is 0 Å². The van der Waals surface area contributed by atoms with Crippen molar-refractivity contribution < 1.29 is 9.59 Å². The van der Waals surface area contributed by atoms with E-state index in [0.717, 1.165) is 64.5 Å². The van der Waals surface area contributed by atoms with E-state index in [0.29, 0.717) is 24.2 Å². The molecule has 0 spiro atoms.